The van der Waals surface area contributed by atoms with Crippen molar-refractivity contribution < 1.29 is 9.47 Å². The van der Waals surface area contributed by atoms with Gasteiger partial charge in [-0.3, -0.25) is 4.99 Å². The molecule has 0 aromatic heterocycles. The first kappa shape index (κ1) is 19.1. The molecule has 0 spiro atoms. The van der Waals surface area contributed by atoms with Crippen LogP contribution in [0.5, 0.6) is 11.5 Å². The van der Waals surface area contributed by atoms with Gasteiger partial charge in [0.25, 0.3) is 0 Å². The standard InChI is InChI=1S/C17H30N4O2/c1-6-7-11-21(3)12-10-19-17(18-2)20-14-8-9-15(22-4)16(13-14)23-5/h8-9,13H,6-7,10-12H2,1-5H3,(H2,18,19,20). The molecule has 130 valence electrons. The third kappa shape index (κ3) is 6.78. The zero-order valence-electron chi connectivity index (χ0n) is 15.0. The largest absolute Gasteiger partial charge is 0.493 e. The second-order valence-corrected chi connectivity index (χ2v) is 5.35. The minimum atomic E-state index is 0.687. The molecule has 0 amide bonds. The molecule has 1 rings (SSSR count). The predicted molar refractivity (Wildman–Crippen MR) is 96.9 cm³/mol. The van der Waals surface area contributed by atoms with Crippen molar-refractivity contribution >= 4 is 11.6 Å². The summed E-state index contributed by atoms with van der Waals surface area (Å²) in [5, 5.41) is 6.57. The number of anilines is 1. The van der Waals surface area contributed by atoms with Crippen molar-refractivity contribution in [1.29, 1.82) is 0 Å². The number of ether oxygens (including phenoxy) is 2. The molecule has 0 aliphatic rings. The van der Waals surface area contributed by atoms with E-state index in [2.05, 4.69) is 34.5 Å². The molecule has 2 N–H and O–H groups in total. The van der Waals surface area contributed by atoms with Gasteiger partial charge in [0, 0.05) is 31.9 Å². The van der Waals surface area contributed by atoms with Crippen LogP contribution in [-0.4, -0.2) is 58.8 Å². The highest BCUT2D eigenvalue weighted by Gasteiger charge is 2.06. The van der Waals surface area contributed by atoms with E-state index in [1.165, 1.54) is 12.8 Å². The maximum atomic E-state index is 5.31. The summed E-state index contributed by atoms with van der Waals surface area (Å²) in [5.41, 5.74) is 0.898. The Morgan fingerprint density at radius 1 is 1.17 bits per heavy atom. The molecular formula is C17H30N4O2. The first-order valence-corrected chi connectivity index (χ1v) is 8.02. The zero-order chi connectivity index (χ0) is 17.1. The maximum Gasteiger partial charge on any atom is 0.195 e. The van der Waals surface area contributed by atoms with Crippen molar-refractivity contribution in [3.8, 4) is 11.5 Å². The number of nitrogens with one attached hydrogen (secondary N) is 2. The van der Waals surface area contributed by atoms with Crippen LogP contribution in [0.4, 0.5) is 5.69 Å². The summed E-state index contributed by atoms with van der Waals surface area (Å²) in [6.45, 7) is 5.15. The smallest absolute Gasteiger partial charge is 0.195 e. The van der Waals surface area contributed by atoms with Gasteiger partial charge in [-0.25, -0.2) is 0 Å². The van der Waals surface area contributed by atoms with Crippen molar-refractivity contribution in [2.45, 2.75) is 19.8 Å². The van der Waals surface area contributed by atoms with E-state index in [0.29, 0.717) is 11.5 Å². The normalized spacial score (nSPS) is 11.5. The van der Waals surface area contributed by atoms with E-state index >= 15 is 0 Å². The highest BCUT2D eigenvalue weighted by molar-refractivity contribution is 5.93. The number of guanidine groups is 1. The summed E-state index contributed by atoms with van der Waals surface area (Å²) in [6, 6.07) is 5.69. The Balaban J connectivity index is 2.50. The molecule has 6 nitrogen and oxygen atoms in total. The van der Waals surface area contributed by atoms with Crippen molar-refractivity contribution in [3.63, 3.8) is 0 Å². The van der Waals surface area contributed by atoms with Gasteiger partial charge in [-0.1, -0.05) is 13.3 Å². The Morgan fingerprint density at radius 3 is 2.52 bits per heavy atom. The van der Waals surface area contributed by atoms with Gasteiger partial charge in [0.15, 0.2) is 17.5 Å². The average Bonchev–Trinajstić information content (AvgIpc) is 2.58. The Bertz CT molecular complexity index is 491. The van der Waals surface area contributed by atoms with Gasteiger partial charge in [0.05, 0.1) is 14.2 Å². The average molecular weight is 322 g/mol. The predicted octanol–water partition coefficient (Wildman–Crippen LogP) is 2.42. The molecule has 0 atom stereocenters. The number of benzene rings is 1. The number of nitrogens with zero attached hydrogens (tertiary/aromatic N) is 2. The second kappa shape index (κ2) is 10.7. The van der Waals surface area contributed by atoms with Crippen LogP contribution in [0.3, 0.4) is 0 Å². The molecule has 0 saturated heterocycles. The molecule has 0 aliphatic carbocycles. The van der Waals surface area contributed by atoms with Crippen LogP contribution in [0.2, 0.25) is 0 Å². The number of methoxy groups -OCH3 is 2. The van der Waals surface area contributed by atoms with Crippen LogP contribution in [0.15, 0.2) is 23.2 Å². The number of unbranched alkanes of at least 4 members (excludes halogenated alkanes) is 1. The Kier molecular flexibility index (Phi) is 8.90. The molecule has 0 radical (unpaired) electrons. The van der Waals surface area contributed by atoms with Crippen LogP contribution >= 0.6 is 0 Å². The van der Waals surface area contributed by atoms with Crippen molar-refractivity contribution in [2.24, 2.45) is 4.99 Å². The second-order valence-electron chi connectivity index (χ2n) is 5.35. The molecule has 23 heavy (non-hydrogen) atoms. The topological polar surface area (TPSA) is 58.1 Å². The van der Waals surface area contributed by atoms with E-state index < -0.39 is 0 Å². The summed E-state index contributed by atoms with van der Waals surface area (Å²) in [5.74, 6) is 2.13. The first-order valence-electron chi connectivity index (χ1n) is 8.02. The lowest BCUT2D eigenvalue weighted by atomic mass is 10.3. The molecule has 6 heteroatoms. The summed E-state index contributed by atoms with van der Waals surface area (Å²) in [4.78, 5) is 6.56. The third-order valence-corrected chi connectivity index (χ3v) is 3.55. The number of aliphatic imine (C=N–C) groups is 1. The maximum absolute atomic E-state index is 5.31. The summed E-state index contributed by atoms with van der Waals surface area (Å²) in [6.07, 6.45) is 2.45. The molecule has 0 heterocycles. The summed E-state index contributed by atoms with van der Waals surface area (Å²) in [7, 11) is 7.15. The number of rotatable bonds is 9. The first-order chi connectivity index (χ1) is 11.1. The monoisotopic (exact) mass is 322 g/mol. The Hall–Kier alpha value is -1.95. The molecule has 0 unspecified atom stereocenters. The van der Waals surface area contributed by atoms with Gasteiger partial charge in [-0.2, -0.15) is 0 Å². The van der Waals surface area contributed by atoms with Crippen LogP contribution in [-0.2, 0) is 0 Å². The molecule has 1 aromatic carbocycles. The van der Waals surface area contributed by atoms with Gasteiger partial charge < -0.3 is 25.0 Å². The minimum absolute atomic E-state index is 0.687. The van der Waals surface area contributed by atoms with E-state index in [4.69, 9.17) is 9.47 Å². The number of likely N-dealkylation sites (N-methyl/N-ethyl adjacent to an activating group) is 1. The quantitative estimate of drug-likeness (QED) is 0.540. The van der Waals surface area contributed by atoms with Crippen LogP contribution in [0.1, 0.15) is 19.8 Å². The van der Waals surface area contributed by atoms with E-state index in [-0.39, 0.29) is 0 Å². The van der Waals surface area contributed by atoms with Crippen LogP contribution in [0.25, 0.3) is 0 Å². The van der Waals surface area contributed by atoms with Crippen LogP contribution in [0, 0.1) is 0 Å². The van der Waals surface area contributed by atoms with Gasteiger partial charge in [0.1, 0.15) is 0 Å². The highest BCUT2D eigenvalue weighted by Crippen LogP contribution is 2.29. The lowest BCUT2D eigenvalue weighted by Gasteiger charge is -2.18. The lowest BCUT2D eigenvalue weighted by Crippen LogP contribution is -2.37. The Morgan fingerprint density at radius 2 is 1.91 bits per heavy atom. The zero-order valence-corrected chi connectivity index (χ0v) is 15.0. The summed E-state index contributed by atoms with van der Waals surface area (Å²) < 4.78 is 10.6. The van der Waals surface area contributed by atoms with E-state index in [1.54, 1.807) is 21.3 Å². The van der Waals surface area contributed by atoms with Gasteiger partial charge in [0.2, 0.25) is 0 Å². The van der Waals surface area contributed by atoms with E-state index in [0.717, 1.165) is 31.3 Å². The van der Waals surface area contributed by atoms with Gasteiger partial charge in [-0.05, 0) is 32.1 Å². The number of hydrogen-bond donors (Lipinski definition) is 2. The summed E-state index contributed by atoms with van der Waals surface area (Å²) >= 11 is 0. The van der Waals surface area contributed by atoms with Gasteiger partial charge in [-0.15, -0.1) is 0 Å². The van der Waals surface area contributed by atoms with Crippen molar-refractivity contribution in [3.05, 3.63) is 18.2 Å². The fourth-order valence-electron chi connectivity index (χ4n) is 2.13. The highest BCUT2D eigenvalue weighted by atomic mass is 16.5. The fourth-order valence-corrected chi connectivity index (χ4v) is 2.13. The SMILES string of the molecule is CCCCN(C)CCNC(=NC)Nc1ccc(OC)c(OC)c1. The van der Waals surface area contributed by atoms with Crippen molar-refractivity contribution in [1.82, 2.24) is 10.2 Å². The van der Waals surface area contributed by atoms with Gasteiger partial charge >= 0.3 is 0 Å². The number of hydrogen-bond acceptors (Lipinski definition) is 4. The fraction of sp³-hybridized carbons (Fsp3) is 0.588. The Labute approximate surface area is 139 Å². The van der Waals surface area contributed by atoms with E-state index in [9.17, 15) is 0 Å². The molecule has 0 fully saturated rings. The molecule has 0 saturated carbocycles. The third-order valence-electron chi connectivity index (χ3n) is 3.55. The molecular weight excluding hydrogens is 292 g/mol. The molecule has 1 aromatic rings. The van der Waals surface area contributed by atoms with Crippen molar-refractivity contribution in [2.75, 3.05) is 53.3 Å². The molecule has 0 bridgehead atoms. The lowest BCUT2D eigenvalue weighted by molar-refractivity contribution is 0.332. The van der Waals surface area contributed by atoms with Crippen LogP contribution < -0.4 is 20.1 Å². The minimum Gasteiger partial charge on any atom is -0.493 e. The molecule has 0 aliphatic heterocycles. The van der Waals surface area contributed by atoms with E-state index in [1.807, 2.05) is 18.2 Å².